The molecule has 1 heterocycles. The molecule has 0 aliphatic carbocycles. The van der Waals surface area contributed by atoms with Crippen LogP contribution in [0, 0.1) is 5.82 Å². The summed E-state index contributed by atoms with van der Waals surface area (Å²) in [6, 6.07) is 17.2. The Morgan fingerprint density at radius 2 is 1.85 bits per heavy atom. The Morgan fingerprint density at radius 1 is 1.07 bits per heavy atom. The standard InChI is InChI=1S/C21H19ClFN3O/c22-19-4-2-1-3-17(19)14-26-20-13-16(10-12-24-20)21(27)25-11-9-15-5-7-18(23)8-6-15/h1-8,10,12-13H,9,11,14H2,(H,24,26)(H,25,27). The summed E-state index contributed by atoms with van der Waals surface area (Å²) in [5.41, 5.74) is 2.44. The van der Waals surface area contributed by atoms with Gasteiger partial charge >= 0.3 is 0 Å². The summed E-state index contributed by atoms with van der Waals surface area (Å²) >= 11 is 6.14. The van der Waals surface area contributed by atoms with Gasteiger partial charge in [0.15, 0.2) is 0 Å². The molecule has 3 rings (SSSR count). The highest BCUT2D eigenvalue weighted by Gasteiger charge is 2.07. The zero-order valence-corrected chi connectivity index (χ0v) is 15.3. The fourth-order valence-corrected chi connectivity index (χ4v) is 2.77. The molecule has 1 aromatic heterocycles. The molecule has 2 N–H and O–H groups in total. The molecule has 27 heavy (non-hydrogen) atoms. The predicted octanol–water partition coefficient (Wildman–Crippen LogP) is 4.46. The van der Waals surface area contributed by atoms with E-state index in [-0.39, 0.29) is 11.7 Å². The zero-order chi connectivity index (χ0) is 19.1. The fraction of sp³-hybridized carbons (Fsp3) is 0.143. The monoisotopic (exact) mass is 383 g/mol. The molecule has 138 valence electrons. The van der Waals surface area contributed by atoms with Gasteiger partial charge in [0.2, 0.25) is 0 Å². The number of halogens is 2. The van der Waals surface area contributed by atoms with Crippen molar-refractivity contribution in [1.82, 2.24) is 10.3 Å². The molecule has 0 aliphatic heterocycles. The van der Waals surface area contributed by atoms with Crippen LogP contribution in [0.2, 0.25) is 5.02 Å². The van der Waals surface area contributed by atoms with Gasteiger partial charge in [0.1, 0.15) is 11.6 Å². The number of rotatable bonds is 7. The van der Waals surface area contributed by atoms with Gasteiger partial charge in [-0.25, -0.2) is 9.37 Å². The van der Waals surface area contributed by atoms with Gasteiger partial charge in [0, 0.05) is 29.9 Å². The van der Waals surface area contributed by atoms with Crippen LogP contribution in [0.4, 0.5) is 10.2 Å². The van der Waals surface area contributed by atoms with Crippen molar-refractivity contribution in [1.29, 1.82) is 0 Å². The summed E-state index contributed by atoms with van der Waals surface area (Å²) in [5, 5.41) is 6.72. The van der Waals surface area contributed by atoms with E-state index in [4.69, 9.17) is 11.6 Å². The maximum Gasteiger partial charge on any atom is 0.251 e. The Morgan fingerprint density at radius 3 is 2.63 bits per heavy atom. The smallest absolute Gasteiger partial charge is 0.251 e. The highest BCUT2D eigenvalue weighted by Crippen LogP contribution is 2.16. The lowest BCUT2D eigenvalue weighted by Gasteiger charge is -2.09. The van der Waals surface area contributed by atoms with Crippen LogP contribution in [0.3, 0.4) is 0 Å². The number of nitrogens with one attached hydrogen (secondary N) is 2. The number of nitrogens with zero attached hydrogens (tertiary/aromatic N) is 1. The van der Waals surface area contributed by atoms with Gasteiger partial charge < -0.3 is 10.6 Å². The minimum Gasteiger partial charge on any atom is -0.366 e. The van der Waals surface area contributed by atoms with E-state index in [9.17, 15) is 9.18 Å². The molecular weight excluding hydrogens is 365 g/mol. The second-order valence-electron chi connectivity index (χ2n) is 6.01. The minimum atomic E-state index is -0.267. The lowest BCUT2D eigenvalue weighted by molar-refractivity contribution is 0.0954. The topological polar surface area (TPSA) is 54.0 Å². The summed E-state index contributed by atoms with van der Waals surface area (Å²) in [6.07, 6.45) is 2.22. The molecular formula is C21H19ClFN3O. The molecule has 3 aromatic rings. The van der Waals surface area contributed by atoms with Crippen LogP contribution >= 0.6 is 11.6 Å². The van der Waals surface area contributed by atoms with Gasteiger partial charge in [-0.05, 0) is 47.9 Å². The van der Waals surface area contributed by atoms with Gasteiger partial charge in [-0.3, -0.25) is 4.79 Å². The van der Waals surface area contributed by atoms with Crippen LogP contribution in [0.15, 0.2) is 66.9 Å². The number of pyridine rings is 1. The number of anilines is 1. The highest BCUT2D eigenvalue weighted by atomic mass is 35.5. The first kappa shape index (κ1) is 18.9. The molecule has 0 bridgehead atoms. The first-order valence-electron chi connectivity index (χ1n) is 8.58. The number of benzene rings is 2. The van der Waals surface area contributed by atoms with Crippen molar-refractivity contribution < 1.29 is 9.18 Å². The average molecular weight is 384 g/mol. The number of hydrogen-bond donors (Lipinski definition) is 2. The molecule has 0 saturated carbocycles. The van der Waals surface area contributed by atoms with Gasteiger partial charge in [0.25, 0.3) is 5.91 Å². The molecule has 6 heteroatoms. The number of carbonyl (C=O) groups excluding carboxylic acids is 1. The van der Waals surface area contributed by atoms with Crippen LogP contribution in [0.5, 0.6) is 0 Å². The van der Waals surface area contributed by atoms with Crippen LogP contribution < -0.4 is 10.6 Å². The maximum atomic E-state index is 12.9. The van der Waals surface area contributed by atoms with Crippen molar-refractivity contribution in [2.45, 2.75) is 13.0 Å². The fourth-order valence-electron chi connectivity index (χ4n) is 2.57. The lowest BCUT2D eigenvalue weighted by atomic mass is 10.1. The summed E-state index contributed by atoms with van der Waals surface area (Å²) in [7, 11) is 0. The molecule has 0 aliphatic rings. The van der Waals surface area contributed by atoms with Crippen LogP contribution in [0.1, 0.15) is 21.5 Å². The van der Waals surface area contributed by atoms with E-state index in [0.29, 0.717) is 35.9 Å². The Labute approximate surface area is 162 Å². The lowest BCUT2D eigenvalue weighted by Crippen LogP contribution is -2.25. The Hall–Kier alpha value is -2.92. The summed E-state index contributed by atoms with van der Waals surface area (Å²) in [5.74, 6) is 0.151. The van der Waals surface area contributed by atoms with E-state index < -0.39 is 0 Å². The third-order valence-electron chi connectivity index (χ3n) is 4.05. The third kappa shape index (κ3) is 5.53. The van der Waals surface area contributed by atoms with Crippen LogP contribution in [-0.4, -0.2) is 17.4 Å². The van der Waals surface area contributed by atoms with Crippen molar-refractivity contribution in [3.8, 4) is 0 Å². The van der Waals surface area contributed by atoms with Crippen molar-refractivity contribution in [2.75, 3.05) is 11.9 Å². The van der Waals surface area contributed by atoms with Crippen molar-refractivity contribution in [3.63, 3.8) is 0 Å². The molecule has 0 saturated heterocycles. The highest BCUT2D eigenvalue weighted by molar-refractivity contribution is 6.31. The van der Waals surface area contributed by atoms with Gasteiger partial charge in [-0.15, -0.1) is 0 Å². The number of hydrogen-bond acceptors (Lipinski definition) is 3. The minimum absolute atomic E-state index is 0.180. The Bertz CT molecular complexity index is 915. The first-order chi connectivity index (χ1) is 13.1. The first-order valence-corrected chi connectivity index (χ1v) is 8.95. The van der Waals surface area contributed by atoms with Crippen molar-refractivity contribution in [3.05, 3.63) is 94.4 Å². The normalized spacial score (nSPS) is 10.4. The molecule has 0 unspecified atom stereocenters. The average Bonchev–Trinajstić information content (AvgIpc) is 2.69. The number of carbonyl (C=O) groups is 1. The van der Waals surface area contributed by atoms with E-state index in [1.807, 2.05) is 24.3 Å². The molecule has 4 nitrogen and oxygen atoms in total. The molecule has 0 atom stereocenters. The summed E-state index contributed by atoms with van der Waals surface area (Å²) < 4.78 is 12.9. The largest absolute Gasteiger partial charge is 0.366 e. The quantitative estimate of drug-likeness (QED) is 0.633. The van der Waals surface area contributed by atoms with Crippen molar-refractivity contribution in [2.24, 2.45) is 0 Å². The summed E-state index contributed by atoms with van der Waals surface area (Å²) in [4.78, 5) is 16.6. The maximum absolute atomic E-state index is 12.9. The second-order valence-corrected chi connectivity index (χ2v) is 6.41. The Balaban J connectivity index is 1.53. The van der Waals surface area contributed by atoms with Crippen LogP contribution in [-0.2, 0) is 13.0 Å². The second kappa shape index (κ2) is 9.14. The Kier molecular flexibility index (Phi) is 6.39. The van der Waals surface area contributed by atoms with E-state index in [2.05, 4.69) is 15.6 Å². The molecule has 2 aromatic carbocycles. The van der Waals surface area contributed by atoms with Gasteiger partial charge in [-0.1, -0.05) is 41.9 Å². The molecule has 0 fully saturated rings. The number of aromatic nitrogens is 1. The molecule has 0 spiro atoms. The van der Waals surface area contributed by atoms with Gasteiger partial charge in [-0.2, -0.15) is 0 Å². The summed E-state index contributed by atoms with van der Waals surface area (Å²) in [6.45, 7) is 0.984. The van der Waals surface area contributed by atoms with E-state index in [0.717, 1.165) is 11.1 Å². The van der Waals surface area contributed by atoms with Gasteiger partial charge in [0.05, 0.1) is 0 Å². The third-order valence-corrected chi connectivity index (χ3v) is 4.42. The SMILES string of the molecule is O=C(NCCc1ccc(F)cc1)c1ccnc(NCc2ccccc2Cl)c1. The van der Waals surface area contributed by atoms with E-state index in [1.54, 1.807) is 30.5 Å². The zero-order valence-electron chi connectivity index (χ0n) is 14.6. The predicted molar refractivity (Wildman–Crippen MR) is 105 cm³/mol. The molecule has 0 radical (unpaired) electrons. The van der Waals surface area contributed by atoms with E-state index in [1.165, 1.54) is 12.1 Å². The molecule has 1 amide bonds. The van der Waals surface area contributed by atoms with E-state index >= 15 is 0 Å². The van der Waals surface area contributed by atoms with Crippen molar-refractivity contribution >= 4 is 23.3 Å². The number of amides is 1. The van der Waals surface area contributed by atoms with Crippen LogP contribution in [0.25, 0.3) is 0 Å².